The molecule has 21 heavy (non-hydrogen) atoms. The van der Waals surface area contributed by atoms with E-state index >= 15 is 0 Å². The predicted octanol–water partition coefficient (Wildman–Crippen LogP) is 1.48. The van der Waals surface area contributed by atoms with E-state index in [1.54, 1.807) is 17.0 Å². The summed E-state index contributed by atoms with van der Waals surface area (Å²) in [7, 11) is 0. The van der Waals surface area contributed by atoms with Gasteiger partial charge >= 0.3 is 0 Å². The van der Waals surface area contributed by atoms with E-state index in [0.717, 1.165) is 25.7 Å². The van der Waals surface area contributed by atoms with Gasteiger partial charge in [-0.3, -0.25) is 9.78 Å². The molecule has 6 heteroatoms. The molecule has 1 fully saturated rings. The van der Waals surface area contributed by atoms with Crippen molar-refractivity contribution in [3.63, 3.8) is 0 Å². The van der Waals surface area contributed by atoms with Gasteiger partial charge < -0.3 is 15.7 Å². The Morgan fingerprint density at radius 3 is 2.62 bits per heavy atom. The molecular weight excluding hydrogens is 286 g/mol. The molecule has 1 saturated carbocycles. The number of carbonyl (C=O) groups is 1. The molecule has 0 aliphatic heterocycles. The third-order valence-corrected chi connectivity index (χ3v) is 4.12. The smallest absolute Gasteiger partial charge is 0.272 e. The van der Waals surface area contributed by atoms with E-state index in [2.05, 4.69) is 4.98 Å². The van der Waals surface area contributed by atoms with Crippen molar-refractivity contribution in [3.8, 4) is 0 Å². The van der Waals surface area contributed by atoms with Crippen LogP contribution in [0.2, 0.25) is 0 Å². The maximum atomic E-state index is 12.6. The highest BCUT2D eigenvalue weighted by Crippen LogP contribution is 2.23. The molecule has 0 unspecified atom stereocenters. The van der Waals surface area contributed by atoms with Gasteiger partial charge in [0.25, 0.3) is 5.91 Å². The van der Waals surface area contributed by atoms with Crippen molar-refractivity contribution in [3.05, 3.63) is 29.6 Å². The van der Waals surface area contributed by atoms with Crippen LogP contribution in [-0.2, 0) is 0 Å². The van der Waals surface area contributed by atoms with Crippen molar-refractivity contribution in [2.24, 2.45) is 5.73 Å². The van der Waals surface area contributed by atoms with Crippen LogP contribution in [0.25, 0.3) is 0 Å². The summed E-state index contributed by atoms with van der Waals surface area (Å²) in [6.07, 6.45) is 7.00. The Bertz CT molecular complexity index is 498. The lowest BCUT2D eigenvalue weighted by molar-refractivity contribution is 0.0579. The molecule has 0 spiro atoms. The van der Waals surface area contributed by atoms with Crippen LogP contribution in [0.5, 0.6) is 0 Å². The number of hydrogen-bond acceptors (Lipinski definition) is 4. The average Bonchev–Trinajstić information content (AvgIpc) is 2.53. The first-order valence-corrected chi connectivity index (χ1v) is 7.72. The summed E-state index contributed by atoms with van der Waals surface area (Å²) in [6.45, 7) is 0.315. The normalized spacial score (nSPS) is 15.7. The van der Waals surface area contributed by atoms with E-state index < -0.39 is 0 Å². The van der Waals surface area contributed by atoms with Crippen LogP contribution in [0, 0.1) is 0 Å². The molecule has 1 aliphatic carbocycles. The minimum absolute atomic E-state index is 0.0345. The molecule has 1 heterocycles. The van der Waals surface area contributed by atoms with Gasteiger partial charge in [-0.2, -0.15) is 0 Å². The van der Waals surface area contributed by atoms with E-state index in [9.17, 15) is 9.90 Å². The molecule has 0 atom stereocenters. The fraction of sp³-hybridized carbons (Fsp3) is 0.533. The van der Waals surface area contributed by atoms with Crippen molar-refractivity contribution in [2.45, 2.75) is 38.1 Å². The Hall–Kier alpha value is -1.53. The zero-order valence-electron chi connectivity index (χ0n) is 12.0. The van der Waals surface area contributed by atoms with Crippen molar-refractivity contribution >= 4 is 23.1 Å². The Morgan fingerprint density at radius 2 is 2.10 bits per heavy atom. The van der Waals surface area contributed by atoms with Gasteiger partial charge in [-0.1, -0.05) is 31.5 Å². The maximum absolute atomic E-state index is 12.6. The van der Waals surface area contributed by atoms with Crippen LogP contribution in [0.15, 0.2) is 18.3 Å². The molecule has 0 bridgehead atoms. The molecule has 1 aliphatic rings. The van der Waals surface area contributed by atoms with Crippen molar-refractivity contribution in [2.75, 3.05) is 13.2 Å². The van der Waals surface area contributed by atoms with Gasteiger partial charge in [-0.25, -0.2) is 0 Å². The number of amides is 1. The number of rotatable bonds is 5. The third kappa shape index (κ3) is 3.98. The largest absolute Gasteiger partial charge is 0.395 e. The maximum Gasteiger partial charge on any atom is 0.272 e. The minimum atomic E-state index is -0.134. The SMILES string of the molecule is NC(=S)c1ccc(C(=O)N(CCO)C2CCCCC2)nc1. The number of hydrogen-bond donors (Lipinski definition) is 2. The molecule has 2 rings (SSSR count). The Morgan fingerprint density at radius 1 is 1.38 bits per heavy atom. The lowest BCUT2D eigenvalue weighted by Crippen LogP contribution is -2.43. The van der Waals surface area contributed by atoms with E-state index in [0.29, 0.717) is 17.8 Å². The lowest BCUT2D eigenvalue weighted by Gasteiger charge is -2.33. The Balaban J connectivity index is 2.14. The van der Waals surface area contributed by atoms with E-state index in [4.69, 9.17) is 18.0 Å². The Labute approximate surface area is 130 Å². The van der Waals surface area contributed by atoms with E-state index in [1.807, 2.05) is 0 Å². The second-order valence-corrected chi connectivity index (χ2v) is 5.75. The van der Waals surface area contributed by atoms with Crippen molar-refractivity contribution in [1.82, 2.24) is 9.88 Å². The Kier molecular flexibility index (Phi) is 5.64. The molecule has 0 radical (unpaired) electrons. The number of aliphatic hydroxyl groups excluding tert-OH is 1. The van der Waals surface area contributed by atoms with Crippen LogP contribution in [0.4, 0.5) is 0 Å². The van der Waals surface area contributed by atoms with Gasteiger partial charge in [0.1, 0.15) is 10.7 Å². The second-order valence-electron chi connectivity index (χ2n) is 5.31. The highest BCUT2D eigenvalue weighted by molar-refractivity contribution is 7.80. The highest BCUT2D eigenvalue weighted by atomic mass is 32.1. The average molecular weight is 307 g/mol. The van der Waals surface area contributed by atoms with Gasteiger partial charge in [0.15, 0.2) is 0 Å². The summed E-state index contributed by atoms with van der Waals surface area (Å²) in [5, 5.41) is 9.23. The third-order valence-electron chi connectivity index (χ3n) is 3.88. The van der Waals surface area contributed by atoms with Gasteiger partial charge in [-0.05, 0) is 25.0 Å². The zero-order chi connectivity index (χ0) is 15.2. The minimum Gasteiger partial charge on any atom is -0.395 e. The van der Waals surface area contributed by atoms with Crippen molar-refractivity contribution < 1.29 is 9.90 Å². The number of aliphatic hydroxyl groups is 1. The first-order valence-electron chi connectivity index (χ1n) is 7.31. The number of carbonyl (C=O) groups excluding carboxylic acids is 1. The summed E-state index contributed by atoms with van der Waals surface area (Å²) in [5.41, 5.74) is 6.54. The number of aromatic nitrogens is 1. The molecule has 114 valence electrons. The number of nitrogens with two attached hydrogens (primary N) is 1. The summed E-state index contributed by atoms with van der Waals surface area (Å²) in [6, 6.07) is 3.56. The predicted molar refractivity (Wildman–Crippen MR) is 85.1 cm³/mol. The quantitative estimate of drug-likeness (QED) is 0.806. The van der Waals surface area contributed by atoms with Crippen LogP contribution >= 0.6 is 12.2 Å². The zero-order valence-corrected chi connectivity index (χ0v) is 12.8. The van der Waals surface area contributed by atoms with Gasteiger partial charge in [0.05, 0.1) is 6.61 Å². The van der Waals surface area contributed by atoms with Crippen molar-refractivity contribution in [1.29, 1.82) is 0 Å². The summed E-state index contributed by atoms with van der Waals surface area (Å²) in [5.74, 6) is -0.134. The van der Waals surface area contributed by atoms with Crippen LogP contribution in [0.3, 0.4) is 0 Å². The van der Waals surface area contributed by atoms with Crippen LogP contribution in [-0.4, -0.2) is 45.1 Å². The molecule has 1 aromatic heterocycles. The molecule has 5 nitrogen and oxygen atoms in total. The summed E-state index contributed by atoms with van der Waals surface area (Å²) < 4.78 is 0. The van der Waals surface area contributed by atoms with Crippen LogP contribution in [0.1, 0.15) is 48.2 Å². The van der Waals surface area contributed by atoms with Gasteiger partial charge in [-0.15, -0.1) is 0 Å². The number of thiocarbonyl (C=S) groups is 1. The summed E-state index contributed by atoms with van der Waals surface area (Å²) in [4.78, 5) is 18.8. The first-order chi connectivity index (χ1) is 10.1. The molecule has 1 amide bonds. The fourth-order valence-electron chi connectivity index (χ4n) is 2.76. The van der Waals surface area contributed by atoms with Gasteiger partial charge in [0.2, 0.25) is 0 Å². The summed E-state index contributed by atoms with van der Waals surface area (Å²) >= 11 is 4.88. The van der Waals surface area contributed by atoms with E-state index in [1.165, 1.54) is 12.6 Å². The van der Waals surface area contributed by atoms with Gasteiger partial charge in [0, 0.05) is 24.3 Å². The number of nitrogens with zero attached hydrogens (tertiary/aromatic N) is 2. The first kappa shape index (κ1) is 15.9. The molecule has 0 saturated heterocycles. The molecule has 3 N–H and O–H groups in total. The highest BCUT2D eigenvalue weighted by Gasteiger charge is 2.26. The second kappa shape index (κ2) is 7.47. The topological polar surface area (TPSA) is 79.5 Å². The lowest BCUT2D eigenvalue weighted by atomic mass is 9.94. The number of pyridine rings is 1. The molecular formula is C15H21N3O2S. The molecule has 1 aromatic rings. The molecule has 0 aromatic carbocycles. The standard InChI is InChI=1S/C15H21N3O2S/c16-14(21)11-6-7-13(17-10-11)15(20)18(8-9-19)12-4-2-1-3-5-12/h6-7,10,12,19H,1-5,8-9H2,(H2,16,21). The fourth-order valence-corrected chi connectivity index (χ4v) is 2.88. The van der Waals surface area contributed by atoms with E-state index in [-0.39, 0.29) is 23.5 Å². The van der Waals surface area contributed by atoms with Crippen LogP contribution < -0.4 is 5.73 Å². The monoisotopic (exact) mass is 307 g/mol.